The van der Waals surface area contributed by atoms with E-state index in [0.717, 1.165) is 16.7 Å². The maximum absolute atomic E-state index is 12.4. The number of likely N-dealkylation sites (N-methyl/N-ethyl adjacent to an activating group) is 1. The summed E-state index contributed by atoms with van der Waals surface area (Å²) in [6, 6.07) is 8.15. The molecular formula is C17H22N2OS. The Bertz CT molecular complexity index is 605. The van der Waals surface area contributed by atoms with Crippen molar-refractivity contribution in [3.05, 3.63) is 57.3 Å². The fourth-order valence-electron chi connectivity index (χ4n) is 2.34. The largest absolute Gasteiger partial charge is 0.350 e. The molecule has 0 unspecified atom stereocenters. The van der Waals surface area contributed by atoms with Gasteiger partial charge in [-0.15, -0.1) is 0 Å². The van der Waals surface area contributed by atoms with Crippen LogP contribution in [0.1, 0.15) is 33.1 Å². The van der Waals surface area contributed by atoms with Crippen LogP contribution in [0, 0.1) is 13.8 Å². The van der Waals surface area contributed by atoms with E-state index in [4.69, 9.17) is 0 Å². The number of nitrogens with zero attached hydrogens (tertiary/aromatic N) is 1. The van der Waals surface area contributed by atoms with E-state index in [2.05, 4.69) is 27.0 Å². The molecule has 112 valence electrons. The molecule has 0 saturated heterocycles. The van der Waals surface area contributed by atoms with Crippen molar-refractivity contribution in [3.8, 4) is 0 Å². The molecule has 0 fully saturated rings. The second-order valence-corrected chi connectivity index (χ2v) is 6.27. The summed E-state index contributed by atoms with van der Waals surface area (Å²) in [5.74, 6) is -0.00159. The predicted molar refractivity (Wildman–Crippen MR) is 89.0 cm³/mol. The maximum Gasteiger partial charge on any atom is 0.251 e. The first-order valence-corrected chi connectivity index (χ1v) is 7.98. The van der Waals surface area contributed by atoms with Crippen LogP contribution in [0.15, 0.2) is 35.0 Å². The van der Waals surface area contributed by atoms with E-state index in [0.29, 0.717) is 6.54 Å². The fourth-order valence-corrected chi connectivity index (χ4v) is 3.05. The van der Waals surface area contributed by atoms with E-state index in [1.807, 2.05) is 46.1 Å². The second kappa shape index (κ2) is 6.87. The highest BCUT2D eigenvalue weighted by molar-refractivity contribution is 7.07. The number of carbonyl (C=O) groups excluding carboxylic acids is 1. The van der Waals surface area contributed by atoms with Gasteiger partial charge in [0.05, 0.1) is 6.04 Å². The van der Waals surface area contributed by atoms with Gasteiger partial charge in [-0.1, -0.05) is 12.1 Å². The zero-order chi connectivity index (χ0) is 15.4. The molecule has 1 aromatic carbocycles. The molecule has 0 radical (unpaired) electrons. The van der Waals surface area contributed by atoms with Crippen molar-refractivity contribution >= 4 is 17.2 Å². The molecule has 21 heavy (non-hydrogen) atoms. The van der Waals surface area contributed by atoms with E-state index in [1.165, 1.54) is 5.56 Å². The van der Waals surface area contributed by atoms with Crippen molar-refractivity contribution in [3.63, 3.8) is 0 Å². The van der Waals surface area contributed by atoms with Crippen LogP contribution in [-0.4, -0.2) is 31.4 Å². The third kappa shape index (κ3) is 3.71. The smallest absolute Gasteiger partial charge is 0.251 e. The molecule has 0 spiro atoms. The van der Waals surface area contributed by atoms with Crippen LogP contribution in [0.25, 0.3) is 0 Å². The first-order chi connectivity index (χ1) is 10.0. The Balaban J connectivity index is 2.07. The van der Waals surface area contributed by atoms with Crippen molar-refractivity contribution in [2.45, 2.75) is 19.9 Å². The summed E-state index contributed by atoms with van der Waals surface area (Å²) >= 11 is 1.68. The van der Waals surface area contributed by atoms with Gasteiger partial charge in [0.15, 0.2) is 0 Å². The molecule has 1 aromatic heterocycles. The minimum Gasteiger partial charge on any atom is -0.350 e. The van der Waals surface area contributed by atoms with Crippen LogP contribution in [0.2, 0.25) is 0 Å². The lowest BCUT2D eigenvalue weighted by atomic mass is 10.0. The summed E-state index contributed by atoms with van der Waals surface area (Å²) in [4.78, 5) is 14.5. The molecule has 1 atom stereocenters. The van der Waals surface area contributed by atoms with Crippen LogP contribution in [0.3, 0.4) is 0 Å². The van der Waals surface area contributed by atoms with Gasteiger partial charge < -0.3 is 10.2 Å². The van der Waals surface area contributed by atoms with E-state index in [-0.39, 0.29) is 11.9 Å². The van der Waals surface area contributed by atoms with Crippen molar-refractivity contribution in [1.82, 2.24) is 10.2 Å². The minimum absolute atomic E-state index is 0.00159. The number of carbonyl (C=O) groups is 1. The third-order valence-corrected chi connectivity index (χ3v) is 4.56. The van der Waals surface area contributed by atoms with Crippen LogP contribution in [0.5, 0.6) is 0 Å². The summed E-state index contributed by atoms with van der Waals surface area (Å²) in [6.45, 7) is 4.63. The number of aryl methyl sites for hydroxylation is 1. The van der Waals surface area contributed by atoms with E-state index in [9.17, 15) is 4.79 Å². The van der Waals surface area contributed by atoms with Gasteiger partial charge in [-0.05, 0) is 67.5 Å². The third-order valence-electron chi connectivity index (χ3n) is 3.86. The molecule has 0 aliphatic rings. The van der Waals surface area contributed by atoms with Crippen LogP contribution >= 0.6 is 11.3 Å². The maximum atomic E-state index is 12.4. The number of hydrogen-bond donors (Lipinski definition) is 1. The van der Waals surface area contributed by atoms with E-state index < -0.39 is 0 Å². The summed E-state index contributed by atoms with van der Waals surface area (Å²) in [5.41, 5.74) is 4.20. The van der Waals surface area contributed by atoms with Crippen molar-refractivity contribution < 1.29 is 4.79 Å². The monoisotopic (exact) mass is 302 g/mol. The Kier molecular flexibility index (Phi) is 5.15. The highest BCUT2D eigenvalue weighted by Gasteiger charge is 2.17. The molecule has 1 N–H and O–H groups in total. The van der Waals surface area contributed by atoms with Gasteiger partial charge in [0, 0.05) is 12.1 Å². The zero-order valence-electron chi connectivity index (χ0n) is 13.0. The molecule has 0 aliphatic carbocycles. The van der Waals surface area contributed by atoms with Gasteiger partial charge in [-0.25, -0.2) is 0 Å². The number of thiophene rings is 1. The average Bonchev–Trinajstić information content (AvgIpc) is 2.95. The molecule has 0 aliphatic heterocycles. The van der Waals surface area contributed by atoms with Gasteiger partial charge in [-0.3, -0.25) is 4.79 Å². The molecule has 2 aromatic rings. The lowest BCUT2D eigenvalue weighted by Crippen LogP contribution is -2.34. The first-order valence-electron chi connectivity index (χ1n) is 7.03. The normalized spacial score (nSPS) is 12.4. The molecule has 4 heteroatoms. The summed E-state index contributed by atoms with van der Waals surface area (Å²) in [6.07, 6.45) is 0. The van der Waals surface area contributed by atoms with Gasteiger partial charge >= 0.3 is 0 Å². The van der Waals surface area contributed by atoms with E-state index >= 15 is 0 Å². The highest BCUT2D eigenvalue weighted by Crippen LogP contribution is 2.20. The summed E-state index contributed by atoms with van der Waals surface area (Å²) in [7, 11) is 4.07. The summed E-state index contributed by atoms with van der Waals surface area (Å²) < 4.78 is 0. The number of nitrogens with one attached hydrogen (secondary N) is 1. The SMILES string of the molecule is Cc1cccc(C(=O)NC[C@@H](c2ccsc2)N(C)C)c1C. The molecule has 0 bridgehead atoms. The molecule has 1 heterocycles. The van der Waals surface area contributed by atoms with E-state index in [1.54, 1.807) is 11.3 Å². The van der Waals surface area contributed by atoms with Crippen molar-refractivity contribution in [2.24, 2.45) is 0 Å². The molecule has 2 rings (SSSR count). The molecule has 0 saturated carbocycles. The van der Waals surface area contributed by atoms with Crippen molar-refractivity contribution in [2.75, 3.05) is 20.6 Å². The number of rotatable bonds is 5. The Morgan fingerprint density at radius 3 is 2.67 bits per heavy atom. The average molecular weight is 302 g/mol. The van der Waals surface area contributed by atoms with Crippen LogP contribution in [0.4, 0.5) is 0 Å². The summed E-state index contributed by atoms with van der Waals surface area (Å²) in [5, 5.41) is 7.26. The van der Waals surface area contributed by atoms with Crippen LogP contribution in [-0.2, 0) is 0 Å². The predicted octanol–water partition coefficient (Wildman–Crippen LogP) is 3.40. The molecular weight excluding hydrogens is 280 g/mol. The fraction of sp³-hybridized carbons (Fsp3) is 0.353. The zero-order valence-corrected chi connectivity index (χ0v) is 13.8. The first kappa shape index (κ1) is 15.7. The Morgan fingerprint density at radius 1 is 1.29 bits per heavy atom. The highest BCUT2D eigenvalue weighted by atomic mass is 32.1. The molecule has 1 amide bonds. The Morgan fingerprint density at radius 2 is 2.05 bits per heavy atom. The van der Waals surface area contributed by atoms with Gasteiger partial charge in [0.1, 0.15) is 0 Å². The standard InChI is InChI=1S/C17H22N2OS/c1-12-6-5-7-15(13(12)2)17(20)18-10-16(19(3)4)14-8-9-21-11-14/h5-9,11,16H,10H2,1-4H3,(H,18,20)/t16-/m0/s1. The van der Waals surface area contributed by atoms with Gasteiger partial charge in [0.25, 0.3) is 5.91 Å². The number of amides is 1. The number of benzene rings is 1. The topological polar surface area (TPSA) is 32.3 Å². The van der Waals surface area contributed by atoms with Crippen LogP contribution < -0.4 is 5.32 Å². The Labute approximate surface area is 130 Å². The van der Waals surface area contributed by atoms with Crippen molar-refractivity contribution in [1.29, 1.82) is 0 Å². The van der Waals surface area contributed by atoms with Gasteiger partial charge in [0.2, 0.25) is 0 Å². The lowest BCUT2D eigenvalue weighted by molar-refractivity contribution is 0.0941. The quantitative estimate of drug-likeness (QED) is 0.918. The Hall–Kier alpha value is -1.65. The lowest BCUT2D eigenvalue weighted by Gasteiger charge is -2.24. The second-order valence-electron chi connectivity index (χ2n) is 5.49. The van der Waals surface area contributed by atoms with Gasteiger partial charge in [-0.2, -0.15) is 11.3 Å². The minimum atomic E-state index is -0.00159. The number of hydrogen-bond acceptors (Lipinski definition) is 3. The molecule has 3 nitrogen and oxygen atoms in total.